The van der Waals surface area contributed by atoms with E-state index >= 15 is 0 Å². The SMILES string of the molecule is CC[C@H](Oc1cccc(Cl)c1)C(=O)NCCSc1ccc(C)cc1. The van der Waals surface area contributed by atoms with Crippen molar-refractivity contribution in [3.05, 3.63) is 59.1 Å². The van der Waals surface area contributed by atoms with Crippen LogP contribution in [0.5, 0.6) is 5.75 Å². The number of hydrogen-bond donors (Lipinski definition) is 1. The maximum absolute atomic E-state index is 12.2. The van der Waals surface area contributed by atoms with E-state index in [4.69, 9.17) is 16.3 Å². The fraction of sp³-hybridized carbons (Fsp3) is 0.316. The number of rotatable bonds is 8. The first-order valence-electron chi connectivity index (χ1n) is 7.98. The van der Waals surface area contributed by atoms with Gasteiger partial charge < -0.3 is 10.1 Å². The smallest absolute Gasteiger partial charge is 0.261 e. The van der Waals surface area contributed by atoms with Crippen LogP contribution in [-0.4, -0.2) is 24.3 Å². The lowest BCUT2D eigenvalue weighted by Crippen LogP contribution is -2.39. The number of amides is 1. The summed E-state index contributed by atoms with van der Waals surface area (Å²) in [5.41, 5.74) is 1.25. The second-order valence-electron chi connectivity index (χ2n) is 5.42. The molecule has 0 bridgehead atoms. The van der Waals surface area contributed by atoms with Crippen molar-refractivity contribution >= 4 is 29.3 Å². The fourth-order valence-electron chi connectivity index (χ4n) is 2.12. The molecule has 0 heterocycles. The van der Waals surface area contributed by atoms with Crippen LogP contribution in [0, 0.1) is 6.92 Å². The Kier molecular flexibility index (Phi) is 7.47. The van der Waals surface area contributed by atoms with E-state index in [0.29, 0.717) is 23.7 Å². The molecular formula is C19H22ClNO2S. The van der Waals surface area contributed by atoms with Crippen molar-refractivity contribution in [2.45, 2.75) is 31.3 Å². The number of ether oxygens (including phenoxy) is 1. The lowest BCUT2D eigenvalue weighted by atomic mass is 10.2. The number of thioether (sulfide) groups is 1. The van der Waals surface area contributed by atoms with Gasteiger partial charge in [0.2, 0.25) is 0 Å². The lowest BCUT2D eigenvalue weighted by molar-refractivity contribution is -0.127. The lowest BCUT2D eigenvalue weighted by Gasteiger charge is -2.17. The fourth-order valence-corrected chi connectivity index (χ4v) is 3.07. The number of nitrogens with one attached hydrogen (secondary N) is 1. The Morgan fingerprint density at radius 3 is 2.67 bits per heavy atom. The quantitative estimate of drug-likeness (QED) is 0.545. The third kappa shape index (κ3) is 6.10. The third-order valence-electron chi connectivity index (χ3n) is 3.43. The van der Waals surface area contributed by atoms with Crippen molar-refractivity contribution in [2.75, 3.05) is 12.3 Å². The second kappa shape index (κ2) is 9.60. The molecule has 1 atom stereocenters. The van der Waals surface area contributed by atoms with E-state index in [2.05, 4.69) is 36.5 Å². The van der Waals surface area contributed by atoms with Crippen LogP contribution in [-0.2, 0) is 4.79 Å². The van der Waals surface area contributed by atoms with Gasteiger partial charge in [-0.2, -0.15) is 0 Å². The molecular weight excluding hydrogens is 342 g/mol. The van der Waals surface area contributed by atoms with E-state index in [1.807, 2.05) is 6.92 Å². The van der Waals surface area contributed by atoms with Crippen LogP contribution < -0.4 is 10.1 Å². The molecule has 0 aliphatic carbocycles. The standard InChI is InChI=1S/C19H22ClNO2S/c1-3-18(23-16-6-4-5-15(20)13-16)19(22)21-11-12-24-17-9-7-14(2)8-10-17/h4-10,13,18H,3,11-12H2,1-2H3,(H,21,22)/t18-/m0/s1. The Hall–Kier alpha value is -1.65. The summed E-state index contributed by atoms with van der Waals surface area (Å²) in [5.74, 6) is 1.34. The molecule has 128 valence electrons. The van der Waals surface area contributed by atoms with Gasteiger partial charge in [0, 0.05) is 22.2 Å². The van der Waals surface area contributed by atoms with Crippen LogP contribution in [0.1, 0.15) is 18.9 Å². The predicted molar refractivity (Wildman–Crippen MR) is 101 cm³/mol. The number of carbonyl (C=O) groups excluding carboxylic acids is 1. The van der Waals surface area contributed by atoms with Crippen LogP contribution in [0.25, 0.3) is 0 Å². The molecule has 2 aromatic carbocycles. The molecule has 2 aromatic rings. The van der Waals surface area contributed by atoms with Crippen LogP contribution in [0.2, 0.25) is 5.02 Å². The molecule has 0 aliphatic heterocycles. The van der Waals surface area contributed by atoms with Crippen molar-refractivity contribution in [3.63, 3.8) is 0 Å². The topological polar surface area (TPSA) is 38.3 Å². The Labute approximate surface area is 152 Å². The third-order valence-corrected chi connectivity index (χ3v) is 4.68. The molecule has 0 fully saturated rings. The van der Waals surface area contributed by atoms with Crippen molar-refractivity contribution in [1.29, 1.82) is 0 Å². The highest BCUT2D eigenvalue weighted by molar-refractivity contribution is 7.99. The molecule has 1 amide bonds. The summed E-state index contributed by atoms with van der Waals surface area (Å²) in [6, 6.07) is 15.5. The Morgan fingerprint density at radius 1 is 1.25 bits per heavy atom. The summed E-state index contributed by atoms with van der Waals surface area (Å²) in [6.45, 7) is 4.60. The number of halogens is 1. The van der Waals surface area contributed by atoms with Gasteiger partial charge >= 0.3 is 0 Å². The summed E-state index contributed by atoms with van der Waals surface area (Å²) in [4.78, 5) is 13.4. The maximum atomic E-state index is 12.2. The van der Waals surface area contributed by atoms with Crippen LogP contribution in [0.3, 0.4) is 0 Å². The summed E-state index contributed by atoms with van der Waals surface area (Å²) < 4.78 is 5.73. The van der Waals surface area contributed by atoms with Gasteiger partial charge in [-0.25, -0.2) is 0 Å². The largest absolute Gasteiger partial charge is 0.481 e. The molecule has 0 saturated heterocycles. The van der Waals surface area contributed by atoms with Gasteiger partial charge in [0.1, 0.15) is 5.75 Å². The molecule has 0 radical (unpaired) electrons. The Bertz CT molecular complexity index is 661. The van der Waals surface area contributed by atoms with Gasteiger partial charge in [-0.3, -0.25) is 4.79 Å². The van der Waals surface area contributed by atoms with Gasteiger partial charge in [-0.05, 0) is 43.7 Å². The molecule has 1 N–H and O–H groups in total. The van der Waals surface area contributed by atoms with E-state index < -0.39 is 6.10 Å². The van der Waals surface area contributed by atoms with Crippen LogP contribution in [0.15, 0.2) is 53.4 Å². The number of carbonyl (C=O) groups is 1. The highest BCUT2D eigenvalue weighted by atomic mass is 35.5. The average Bonchev–Trinajstić information content (AvgIpc) is 2.58. The van der Waals surface area contributed by atoms with Crippen molar-refractivity contribution in [2.24, 2.45) is 0 Å². The van der Waals surface area contributed by atoms with Gasteiger partial charge in [-0.1, -0.05) is 42.3 Å². The van der Waals surface area contributed by atoms with E-state index in [-0.39, 0.29) is 5.91 Å². The zero-order chi connectivity index (χ0) is 17.4. The van der Waals surface area contributed by atoms with Gasteiger partial charge in [0.25, 0.3) is 5.91 Å². The predicted octanol–water partition coefficient (Wildman–Crippen LogP) is 4.71. The van der Waals surface area contributed by atoms with Crippen LogP contribution in [0.4, 0.5) is 0 Å². The monoisotopic (exact) mass is 363 g/mol. The van der Waals surface area contributed by atoms with E-state index in [1.165, 1.54) is 10.5 Å². The molecule has 24 heavy (non-hydrogen) atoms. The highest BCUT2D eigenvalue weighted by Gasteiger charge is 2.17. The molecule has 0 unspecified atom stereocenters. The van der Waals surface area contributed by atoms with E-state index in [0.717, 1.165) is 5.75 Å². The number of benzene rings is 2. The summed E-state index contributed by atoms with van der Waals surface area (Å²) in [6.07, 6.45) is 0.0940. The van der Waals surface area contributed by atoms with Gasteiger partial charge in [-0.15, -0.1) is 11.8 Å². The van der Waals surface area contributed by atoms with Gasteiger partial charge in [0.15, 0.2) is 6.10 Å². The minimum Gasteiger partial charge on any atom is -0.481 e. The molecule has 3 nitrogen and oxygen atoms in total. The van der Waals surface area contributed by atoms with Crippen molar-refractivity contribution < 1.29 is 9.53 Å². The average molecular weight is 364 g/mol. The molecule has 0 spiro atoms. The Balaban J connectivity index is 1.76. The minimum absolute atomic E-state index is 0.0954. The minimum atomic E-state index is -0.507. The molecule has 5 heteroatoms. The summed E-state index contributed by atoms with van der Waals surface area (Å²) >= 11 is 7.66. The first kappa shape index (κ1) is 18.7. The maximum Gasteiger partial charge on any atom is 0.261 e. The first-order valence-corrected chi connectivity index (χ1v) is 9.34. The molecule has 0 aliphatic rings. The highest BCUT2D eigenvalue weighted by Crippen LogP contribution is 2.19. The number of aryl methyl sites for hydroxylation is 1. The number of hydrogen-bond acceptors (Lipinski definition) is 3. The summed E-state index contributed by atoms with van der Waals surface area (Å²) in [5, 5.41) is 3.53. The first-order chi connectivity index (χ1) is 11.6. The molecule has 0 saturated carbocycles. The molecule has 2 rings (SSSR count). The van der Waals surface area contributed by atoms with E-state index in [1.54, 1.807) is 36.0 Å². The Morgan fingerprint density at radius 2 is 2.00 bits per heavy atom. The zero-order valence-electron chi connectivity index (χ0n) is 13.9. The normalized spacial score (nSPS) is 11.8. The van der Waals surface area contributed by atoms with Crippen molar-refractivity contribution in [1.82, 2.24) is 5.32 Å². The van der Waals surface area contributed by atoms with Crippen LogP contribution >= 0.6 is 23.4 Å². The van der Waals surface area contributed by atoms with Crippen molar-refractivity contribution in [3.8, 4) is 5.75 Å². The van der Waals surface area contributed by atoms with E-state index in [9.17, 15) is 4.79 Å². The summed E-state index contributed by atoms with van der Waals surface area (Å²) in [7, 11) is 0. The zero-order valence-corrected chi connectivity index (χ0v) is 15.5. The molecule has 0 aromatic heterocycles. The second-order valence-corrected chi connectivity index (χ2v) is 7.03. The van der Waals surface area contributed by atoms with Gasteiger partial charge in [0.05, 0.1) is 0 Å².